The highest BCUT2D eigenvalue weighted by Crippen LogP contribution is 2.21. The van der Waals surface area contributed by atoms with Crippen LogP contribution in [0.4, 0.5) is 5.82 Å². The van der Waals surface area contributed by atoms with Gasteiger partial charge in [-0.15, -0.1) is 0 Å². The van der Waals surface area contributed by atoms with E-state index in [1.54, 1.807) is 6.20 Å². The van der Waals surface area contributed by atoms with Gasteiger partial charge < -0.3 is 4.90 Å². The van der Waals surface area contributed by atoms with Crippen molar-refractivity contribution in [1.82, 2.24) is 9.97 Å². The highest BCUT2D eigenvalue weighted by molar-refractivity contribution is 6.28. The van der Waals surface area contributed by atoms with E-state index in [0.29, 0.717) is 11.3 Å². The van der Waals surface area contributed by atoms with Crippen LogP contribution in [0.1, 0.15) is 32.8 Å². The Bertz CT molecular complexity index is 328. The highest BCUT2D eigenvalue weighted by Gasteiger charge is 2.15. The van der Waals surface area contributed by atoms with E-state index in [0.717, 1.165) is 24.3 Å². The second kappa shape index (κ2) is 5.31. The Labute approximate surface area is 96.5 Å². The number of anilines is 1. The maximum atomic E-state index is 5.82. The molecular weight excluding hydrogens is 210 g/mol. The Hall–Kier alpha value is -0.830. The summed E-state index contributed by atoms with van der Waals surface area (Å²) in [5.74, 6) is 0.951. The van der Waals surface area contributed by atoms with Crippen molar-refractivity contribution in [2.24, 2.45) is 0 Å². The molecule has 0 aliphatic heterocycles. The monoisotopic (exact) mass is 227 g/mol. The minimum atomic E-state index is 0.317. The Balaban J connectivity index is 3.05. The zero-order chi connectivity index (χ0) is 11.4. The minimum Gasteiger partial charge on any atom is -0.354 e. The largest absolute Gasteiger partial charge is 0.354 e. The predicted molar refractivity (Wildman–Crippen MR) is 64.6 cm³/mol. The van der Waals surface area contributed by atoms with E-state index in [-0.39, 0.29) is 0 Å². The van der Waals surface area contributed by atoms with E-state index in [1.807, 2.05) is 6.92 Å². The van der Waals surface area contributed by atoms with Gasteiger partial charge in [0.2, 0.25) is 5.28 Å². The molecule has 0 amide bonds. The van der Waals surface area contributed by atoms with Crippen LogP contribution in [0.2, 0.25) is 5.28 Å². The molecule has 4 heteroatoms. The molecule has 0 N–H and O–H groups in total. The molecule has 0 spiro atoms. The number of aryl methyl sites for hydroxylation is 1. The van der Waals surface area contributed by atoms with Gasteiger partial charge in [0.1, 0.15) is 5.82 Å². The van der Waals surface area contributed by atoms with Crippen LogP contribution < -0.4 is 4.90 Å². The van der Waals surface area contributed by atoms with E-state index in [4.69, 9.17) is 11.6 Å². The Kier molecular flexibility index (Phi) is 4.33. The summed E-state index contributed by atoms with van der Waals surface area (Å²) in [6.07, 6.45) is 2.87. The lowest BCUT2D eigenvalue weighted by molar-refractivity contribution is 0.620. The van der Waals surface area contributed by atoms with Gasteiger partial charge in [0.25, 0.3) is 0 Å². The van der Waals surface area contributed by atoms with Gasteiger partial charge in [-0.3, -0.25) is 0 Å². The molecule has 1 aromatic heterocycles. The number of rotatable bonds is 4. The van der Waals surface area contributed by atoms with Gasteiger partial charge in [0.05, 0.1) is 0 Å². The lowest BCUT2D eigenvalue weighted by atomic mass is 10.2. The first-order valence-corrected chi connectivity index (χ1v) is 5.73. The molecule has 84 valence electrons. The van der Waals surface area contributed by atoms with Crippen LogP contribution >= 0.6 is 11.6 Å². The van der Waals surface area contributed by atoms with Crippen LogP contribution in [0.3, 0.4) is 0 Å². The summed E-state index contributed by atoms with van der Waals surface area (Å²) >= 11 is 5.82. The van der Waals surface area contributed by atoms with Crippen LogP contribution in [0.15, 0.2) is 6.20 Å². The standard InChI is InChI=1S/C11H18ClN3/c1-5-9(4)15(6-2)10-8(3)7-13-11(12)14-10/h7,9H,5-6H2,1-4H3. The predicted octanol–water partition coefficient (Wildman–Crippen LogP) is 3.06. The second-order valence-corrected chi connectivity index (χ2v) is 4.03. The van der Waals surface area contributed by atoms with Crippen molar-refractivity contribution in [3.8, 4) is 0 Å². The van der Waals surface area contributed by atoms with Crippen LogP contribution in [0.25, 0.3) is 0 Å². The van der Waals surface area contributed by atoms with E-state index in [9.17, 15) is 0 Å². The molecule has 1 aromatic rings. The normalized spacial score (nSPS) is 12.6. The molecule has 0 saturated carbocycles. The maximum Gasteiger partial charge on any atom is 0.224 e. The van der Waals surface area contributed by atoms with Crippen molar-refractivity contribution in [2.75, 3.05) is 11.4 Å². The topological polar surface area (TPSA) is 29.0 Å². The fourth-order valence-electron chi connectivity index (χ4n) is 1.59. The highest BCUT2D eigenvalue weighted by atomic mass is 35.5. The second-order valence-electron chi connectivity index (χ2n) is 3.69. The van der Waals surface area contributed by atoms with Gasteiger partial charge in [0, 0.05) is 24.3 Å². The molecule has 15 heavy (non-hydrogen) atoms. The Morgan fingerprint density at radius 1 is 1.47 bits per heavy atom. The summed E-state index contributed by atoms with van der Waals surface area (Å²) in [4.78, 5) is 10.5. The third kappa shape index (κ3) is 2.81. The molecule has 3 nitrogen and oxygen atoms in total. The first-order valence-electron chi connectivity index (χ1n) is 5.35. The summed E-state index contributed by atoms with van der Waals surface area (Å²) in [6.45, 7) is 9.44. The third-order valence-corrected chi connectivity index (χ3v) is 2.83. The summed E-state index contributed by atoms with van der Waals surface area (Å²) in [6, 6.07) is 0.472. The smallest absolute Gasteiger partial charge is 0.224 e. The van der Waals surface area contributed by atoms with Crippen molar-refractivity contribution in [2.45, 2.75) is 40.2 Å². The lowest BCUT2D eigenvalue weighted by Gasteiger charge is -2.29. The SMILES string of the molecule is CCC(C)N(CC)c1nc(Cl)ncc1C. The summed E-state index contributed by atoms with van der Waals surface area (Å²) in [5.41, 5.74) is 1.07. The fraction of sp³-hybridized carbons (Fsp3) is 0.636. The van der Waals surface area contributed by atoms with Gasteiger partial charge in [-0.1, -0.05) is 6.92 Å². The van der Waals surface area contributed by atoms with Crippen molar-refractivity contribution < 1.29 is 0 Å². The summed E-state index contributed by atoms with van der Waals surface area (Å²) < 4.78 is 0. The van der Waals surface area contributed by atoms with Crippen molar-refractivity contribution in [3.05, 3.63) is 17.0 Å². The van der Waals surface area contributed by atoms with E-state index >= 15 is 0 Å². The van der Waals surface area contributed by atoms with Crippen LogP contribution in [0, 0.1) is 6.92 Å². The molecule has 0 aromatic carbocycles. The zero-order valence-electron chi connectivity index (χ0n) is 9.79. The molecule has 1 rings (SSSR count). The fourth-order valence-corrected chi connectivity index (χ4v) is 1.72. The molecule has 0 bridgehead atoms. The molecule has 0 fully saturated rings. The molecule has 0 aliphatic carbocycles. The number of hydrogen-bond acceptors (Lipinski definition) is 3. The van der Waals surface area contributed by atoms with Crippen LogP contribution in [0.5, 0.6) is 0 Å². The molecule has 1 unspecified atom stereocenters. The molecular formula is C11H18ClN3. The first kappa shape index (κ1) is 12.2. The van der Waals surface area contributed by atoms with Gasteiger partial charge in [0.15, 0.2) is 0 Å². The number of halogens is 1. The van der Waals surface area contributed by atoms with Gasteiger partial charge in [-0.25, -0.2) is 9.97 Å². The van der Waals surface area contributed by atoms with E-state index in [2.05, 4.69) is 35.6 Å². The summed E-state index contributed by atoms with van der Waals surface area (Å²) in [5, 5.41) is 0.317. The van der Waals surface area contributed by atoms with Gasteiger partial charge in [-0.2, -0.15) is 0 Å². The maximum absolute atomic E-state index is 5.82. The summed E-state index contributed by atoms with van der Waals surface area (Å²) in [7, 11) is 0. The van der Waals surface area contributed by atoms with Crippen LogP contribution in [-0.4, -0.2) is 22.6 Å². The minimum absolute atomic E-state index is 0.317. The van der Waals surface area contributed by atoms with E-state index < -0.39 is 0 Å². The van der Waals surface area contributed by atoms with Gasteiger partial charge >= 0.3 is 0 Å². The molecule has 0 aliphatic rings. The average molecular weight is 228 g/mol. The molecule has 1 atom stereocenters. The molecule has 0 saturated heterocycles. The lowest BCUT2D eigenvalue weighted by Crippen LogP contribution is -2.33. The van der Waals surface area contributed by atoms with Crippen molar-refractivity contribution in [3.63, 3.8) is 0 Å². The Morgan fingerprint density at radius 2 is 2.13 bits per heavy atom. The Morgan fingerprint density at radius 3 is 2.67 bits per heavy atom. The molecule has 1 heterocycles. The first-order chi connectivity index (χ1) is 7.10. The number of nitrogens with zero attached hydrogens (tertiary/aromatic N) is 3. The quantitative estimate of drug-likeness (QED) is 0.741. The average Bonchev–Trinajstić information content (AvgIpc) is 2.23. The number of aromatic nitrogens is 2. The van der Waals surface area contributed by atoms with Crippen molar-refractivity contribution >= 4 is 17.4 Å². The van der Waals surface area contributed by atoms with Crippen LogP contribution in [-0.2, 0) is 0 Å². The van der Waals surface area contributed by atoms with Crippen molar-refractivity contribution in [1.29, 1.82) is 0 Å². The van der Waals surface area contributed by atoms with Gasteiger partial charge in [-0.05, 0) is 38.8 Å². The number of hydrogen-bond donors (Lipinski definition) is 0. The molecule has 0 radical (unpaired) electrons. The third-order valence-electron chi connectivity index (χ3n) is 2.65. The zero-order valence-corrected chi connectivity index (χ0v) is 10.5. The van der Waals surface area contributed by atoms with E-state index in [1.165, 1.54) is 0 Å².